The average Bonchev–Trinajstić information content (AvgIpc) is 3.58. The van der Waals surface area contributed by atoms with Gasteiger partial charge in [0.15, 0.2) is 26.3 Å². The zero-order chi connectivity index (χ0) is 29.4. The number of amides is 3. The first kappa shape index (κ1) is 28.9. The lowest BCUT2D eigenvalue weighted by molar-refractivity contribution is -0.136. The molecule has 218 valence electrons. The third kappa shape index (κ3) is 5.11. The predicted molar refractivity (Wildman–Crippen MR) is 142 cm³/mol. The van der Waals surface area contributed by atoms with Gasteiger partial charge in [0.25, 0.3) is 11.8 Å². The predicted octanol–water partition coefficient (Wildman–Crippen LogP) is 5.47. The number of fused-ring (bicyclic) bond motifs is 1. The van der Waals surface area contributed by atoms with Crippen molar-refractivity contribution in [3.05, 3.63) is 34.2 Å². The van der Waals surface area contributed by atoms with E-state index in [4.69, 9.17) is 20.8 Å². The van der Waals surface area contributed by atoms with Gasteiger partial charge in [-0.3, -0.25) is 14.0 Å². The number of hydrogen-bond donors (Lipinski definition) is 0. The number of carbonyl (C=O) groups excluding carboxylic acids is 3. The normalized spacial score (nSPS) is 22.8. The van der Waals surface area contributed by atoms with Crippen molar-refractivity contribution in [2.75, 3.05) is 19.7 Å². The Kier molecular flexibility index (Phi) is 7.02. The lowest BCUT2D eigenvalue weighted by Crippen LogP contribution is -2.60. The molecule has 0 bridgehead atoms. The summed E-state index contributed by atoms with van der Waals surface area (Å²) in [6.45, 7) is 9.91. The summed E-state index contributed by atoms with van der Waals surface area (Å²) in [6, 6.07) is 0.431. The number of pyridine rings is 1. The van der Waals surface area contributed by atoms with Crippen LogP contribution in [-0.2, 0) is 20.1 Å². The van der Waals surface area contributed by atoms with Gasteiger partial charge < -0.3 is 14.1 Å². The molecule has 2 atom stereocenters. The number of piperidine rings is 1. The van der Waals surface area contributed by atoms with Gasteiger partial charge in [0, 0.05) is 19.3 Å². The zero-order valence-corrected chi connectivity index (χ0v) is 24.7. The summed E-state index contributed by atoms with van der Waals surface area (Å²) in [4.78, 5) is 45.2. The highest BCUT2D eigenvalue weighted by atomic mass is 35.5. The number of likely N-dealkylation sites (tertiary alicyclic amines) is 1. The Balaban J connectivity index is 1.49. The van der Waals surface area contributed by atoms with Gasteiger partial charge in [-0.25, -0.2) is 14.7 Å². The number of hydrogen-bond acceptors (Lipinski definition) is 6. The van der Waals surface area contributed by atoms with Crippen LogP contribution in [0.2, 0.25) is 23.3 Å². The second-order valence-corrected chi connectivity index (χ2v) is 17.4. The summed E-state index contributed by atoms with van der Waals surface area (Å²) >= 11 is 6.51. The standard InChI is InChI=1S/C26H32ClF3N4O5Si/c1-25(2,3)40(4,5)39-18-12-32(9-8-17(18)34-19(35)13-38-24(34)37)23(36)20-21(27)33-11-15(14-6-7-14)10-16(22(33)31-20)26(28,29)30/h10-11,14,17-18H,6-9,12-13H2,1-5H3. The highest BCUT2D eigenvalue weighted by Gasteiger charge is 2.49. The van der Waals surface area contributed by atoms with E-state index in [0.29, 0.717) is 5.56 Å². The van der Waals surface area contributed by atoms with Crippen molar-refractivity contribution in [3.63, 3.8) is 0 Å². The van der Waals surface area contributed by atoms with Crippen LogP contribution in [0.3, 0.4) is 0 Å². The molecule has 40 heavy (non-hydrogen) atoms. The number of ether oxygens (including phenoxy) is 1. The fraction of sp³-hybridized carbons (Fsp3) is 0.615. The Bertz CT molecular complexity index is 1370. The number of aromatic nitrogens is 2. The summed E-state index contributed by atoms with van der Waals surface area (Å²) in [5.74, 6) is -1.10. The first-order valence-electron chi connectivity index (χ1n) is 13.2. The average molecular weight is 601 g/mol. The van der Waals surface area contributed by atoms with E-state index >= 15 is 0 Å². The fourth-order valence-electron chi connectivity index (χ4n) is 5.01. The van der Waals surface area contributed by atoms with Crippen LogP contribution in [0.1, 0.15) is 67.6 Å². The molecule has 3 fully saturated rings. The number of imidazole rings is 1. The molecule has 2 aromatic heterocycles. The van der Waals surface area contributed by atoms with Crippen molar-refractivity contribution in [1.82, 2.24) is 19.2 Å². The Morgan fingerprint density at radius 2 is 1.85 bits per heavy atom. The second kappa shape index (κ2) is 9.73. The highest BCUT2D eigenvalue weighted by molar-refractivity contribution is 6.74. The molecule has 2 aromatic rings. The van der Waals surface area contributed by atoms with E-state index in [1.807, 2.05) is 33.9 Å². The van der Waals surface area contributed by atoms with Gasteiger partial charge >= 0.3 is 12.3 Å². The monoisotopic (exact) mass is 600 g/mol. The topological polar surface area (TPSA) is 93.5 Å². The van der Waals surface area contributed by atoms with Gasteiger partial charge in [-0.1, -0.05) is 32.4 Å². The summed E-state index contributed by atoms with van der Waals surface area (Å²) in [6.07, 6.45) is -2.86. The highest BCUT2D eigenvalue weighted by Crippen LogP contribution is 2.44. The molecule has 1 saturated carbocycles. The molecule has 2 saturated heterocycles. The van der Waals surface area contributed by atoms with E-state index in [9.17, 15) is 27.6 Å². The summed E-state index contributed by atoms with van der Waals surface area (Å²) in [7, 11) is -2.45. The minimum Gasteiger partial charge on any atom is -0.439 e. The molecule has 0 radical (unpaired) electrons. The van der Waals surface area contributed by atoms with Gasteiger partial charge in [0.05, 0.1) is 17.7 Å². The molecular weight excluding hydrogens is 569 g/mol. The molecule has 0 spiro atoms. The van der Waals surface area contributed by atoms with Crippen LogP contribution in [0.4, 0.5) is 18.0 Å². The molecule has 2 aliphatic heterocycles. The number of alkyl halides is 3. The molecule has 2 unspecified atom stereocenters. The minimum absolute atomic E-state index is 0.00325. The van der Waals surface area contributed by atoms with Crippen LogP contribution in [0.25, 0.3) is 5.65 Å². The third-order valence-corrected chi connectivity index (χ3v) is 13.3. The molecule has 3 aliphatic rings. The first-order valence-corrected chi connectivity index (χ1v) is 16.5. The molecule has 1 aliphatic carbocycles. The number of halogens is 4. The van der Waals surface area contributed by atoms with Gasteiger partial charge in [-0.2, -0.15) is 13.2 Å². The van der Waals surface area contributed by atoms with Gasteiger partial charge in [0.1, 0.15) is 5.15 Å². The van der Waals surface area contributed by atoms with Gasteiger partial charge in [0.2, 0.25) is 0 Å². The maximum atomic E-state index is 14.0. The van der Waals surface area contributed by atoms with Crippen LogP contribution in [0, 0.1) is 0 Å². The van der Waals surface area contributed by atoms with Crippen LogP contribution in [-0.4, -0.2) is 77.3 Å². The third-order valence-electron chi connectivity index (χ3n) is 8.42. The molecule has 0 N–H and O–H groups in total. The number of imide groups is 1. The fourth-order valence-corrected chi connectivity index (χ4v) is 6.61. The summed E-state index contributed by atoms with van der Waals surface area (Å²) in [5.41, 5.74) is -1.16. The van der Waals surface area contributed by atoms with Crippen molar-refractivity contribution < 1.29 is 36.7 Å². The Labute approximate surface area is 235 Å². The van der Waals surface area contributed by atoms with Gasteiger partial charge in [-0.05, 0) is 54.9 Å². The van der Waals surface area contributed by atoms with Gasteiger partial charge in [-0.15, -0.1) is 0 Å². The quantitative estimate of drug-likeness (QED) is 0.423. The number of rotatable bonds is 5. The van der Waals surface area contributed by atoms with Crippen LogP contribution in [0.5, 0.6) is 0 Å². The van der Waals surface area contributed by atoms with E-state index in [1.54, 1.807) is 0 Å². The van der Waals surface area contributed by atoms with Crippen molar-refractivity contribution in [2.45, 2.75) is 82.4 Å². The van der Waals surface area contributed by atoms with Crippen LogP contribution in [0.15, 0.2) is 12.3 Å². The Hall–Kier alpha value is -2.64. The van der Waals surface area contributed by atoms with E-state index in [-0.39, 0.29) is 47.9 Å². The number of nitrogens with zero attached hydrogens (tertiary/aromatic N) is 4. The van der Waals surface area contributed by atoms with E-state index < -0.39 is 55.8 Å². The minimum atomic E-state index is -4.68. The van der Waals surface area contributed by atoms with Crippen LogP contribution < -0.4 is 0 Å². The first-order chi connectivity index (χ1) is 18.5. The largest absolute Gasteiger partial charge is 0.439 e. The van der Waals surface area contributed by atoms with Crippen molar-refractivity contribution >= 4 is 43.5 Å². The molecular formula is C26H32ClF3N4O5Si. The Morgan fingerprint density at radius 3 is 2.40 bits per heavy atom. The Morgan fingerprint density at radius 1 is 1.18 bits per heavy atom. The zero-order valence-electron chi connectivity index (χ0n) is 23.0. The summed E-state index contributed by atoms with van der Waals surface area (Å²) in [5, 5.41) is -0.410. The molecule has 14 heteroatoms. The molecule has 5 rings (SSSR count). The molecule has 9 nitrogen and oxygen atoms in total. The SMILES string of the molecule is CC(C)(C)[Si](C)(C)OC1CN(C(=O)c2nc3c(C(F)(F)F)cc(C4CC4)cn3c2Cl)CCC1N1C(=O)COC1=O. The smallest absolute Gasteiger partial charge is 0.419 e. The lowest BCUT2D eigenvalue weighted by atomic mass is 10.00. The number of carbonyl (C=O) groups is 3. The van der Waals surface area contributed by atoms with E-state index in [0.717, 1.165) is 28.2 Å². The van der Waals surface area contributed by atoms with Crippen molar-refractivity contribution in [3.8, 4) is 0 Å². The molecule has 0 aromatic carbocycles. The van der Waals surface area contributed by atoms with E-state index in [2.05, 4.69) is 4.98 Å². The second-order valence-electron chi connectivity index (χ2n) is 12.2. The molecule has 4 heterocycles. The summed E-state index contributed by atoms with van der Waals surface area (Å²) < 4.78 is 54.6. The molecule has 3 amide bonds. The lowest BCUT2D eigenvalue weighted by Gasteiger charge is -2.46. The number of cyclic esters (lactones) is 1. The maximum absolute atomic E-state index is 14.0. The van der Waals surface area contributed by atoms with Crippen LogP contribution >= 0.6 is 11.6 Å². The maximum Gasteiger partial charge on any atom is 0.419 e. The van der Waals surface area contributed by atoms with Crippen molar-refractivity contribution in [2.24, 2.45) is 0 Å². The van der Waals surface area contributed by atoms with E-state index in [1.165, 1.54) is 11.1 Å². The van der Waals surface area contributed by atoms with Crippen molar-refractivity contribution in [1.29, 1.82) is 0 Å².